The number of hydrogen-bond acceptors (Lipinski definition) is 3. The quantitative estimate of drug-likeness (QED) is 0.750. The zero-order chi connectivity index (χ0) is 13.5. The summed E-state index contributed by atoms with van der Waals surface area (Å²) in [6.07, 6.45) is 3.47. The highest BCUT2D eigenvalue weighted by molar-refractivity contribution is 5.78. The molecule has 18 heavy (non-hydrogen) atoms. The Kier molecular flexibility index (Phi) is 6.12. The SMILES string of the molecule is CC(=O)NC1CCN(C(=O)C(C)CCCN)CC1. The normalized spacial score (nSPS) is 18.5. The van der Waals surface area contributed by atoms with Gasteiger partial charge in [0.25, 0.3) is 0 Å². The lowest BCUT2D eigenvalue weighted by molar-refractivity contribution is -0.136. The number of amides is 2. The summed E-state index contributed by atoms with van der Waals surface area (Å²) in [7, 11) is 0. The number of likely N-dealkylation sites (tertiary alicyclic amines) is 1. The predicted molar refractivity (Wildman–Crippen MR) is 70.9 cm³/mol. The van der Waals surface area contributed by atoms with E-state index in [-0.39, 0.29) is 23.8 Å². The Hall–Kier alpha value is -1.10. The highest BCUT2D eigenvalue weighted by Gasteiger charge is 2.25. The van der Waals surface area contributed by atoms with Crippen molar-refractivity contribution < 1.29 is 9.59 Å². The lowest BCUT2D eigenvalue weighted by atomic mass is 10.00. The maximum atomic E-state index is 12.1. The molecule has 0 aliphatic carbocycles. The number of carbonyl (C=O) groups is 2. The van der Waals surface area contributed by atoms with Crippen molar-refractivity contribution >= 4 is 11.8 Å². The molecule has 1 rings (SSSR count). The summed E-state index contributed by atoms with van der Waals surface area (Å²) in [5.74, 6) is 0.298. The molecule has 1 atom stereocenters. The van der Waals surface area contributed by atoms with Crippen LogP contribution in [0.2, 0.25) is 0 Å². The fourth-order valence-corrected chi connectivity index (χ4v) is 2.39. The van der Waals surface area contributed by atoms with Crippen LogP contribution in [0.5, 0.6) is 0 Å². The van der Waals surface area contributed by atoms with E-state index in [1.54, 1.807) is 0 Å². The van der Waals surface area contributed by atoms with E-state index in [4.69, 9.17) is 5.73 Å². The van der Waals surface area contributed by atoms with Gasteiger partial charge in [-0.25, -0.2) is 0 Å². The summed E-state index contributed by atoms with van der Waals surface area (Å²) >= 11 is 0. The minimum Gasteiger partial charge on any atom is -0.353 e. The van der Waals surface area contributed by atoms with Crippen molar-refractivity contribution in [1.29, 1.82) is 0 Å². The zero-order valence-corrected chi connectivity index (χ0v) is 11.4. The number of carbonyl (C=O) groups excluding carboxylic acids is 2. The van der Waals surface area contributed by atoms with Crippen molar-refractivity contribution in [2.75, 3.05) is 19.6 Å². The van der Waals surface area contributed by atoms with Gasteiger partial charge in [-0.05, 0) is 32.2 Å². The van der Waals surface area contributed by atoms with Gasteiger partial charge in [0.15, 0.2) is 0 Å². The third-order valence-corrected chi connectivity index (χ3v) is 3.48. The first kappa shape index (κ1) is 15.0. The molecule has 104 valence electrons. The van der Waals surface area contributed by atoms with E-state index in [1.807, 2.05) is 11.8 Å². The lowest BCUT2D eigenvalue weighted by Gasteiger charge is -2.33. The number of rotatable bonds is 5. The van der Waals surface area contributed by atoms with Crippen molar-refractivity contribution in [3.63, 3.8) is 0 Å². The third-order valence-electron chi connectivity index (χ3n) is 3.48. The van der Waals surface area contributed by atoms with Crippen LogP contribution in [0.25, 0.3) is 0 Å². The molecular formula is C13H25N3O2. The van der Waals surface area contributed by atoms with Gasteiger partial charge >= 0.3 is 0 Å². The topological polar surface area (TPSA) is 75.4 Å². The fourth-order valence-electron chi connectivity index (χ4n) is 2.39. The van der Waals surface area contributed by atoms with Crippen molar-refractivity contribution in [2.45, 2.75) is 45.6 Å². The van der Waals surface area contributed by atoms with Crippen LogP contribution < -0.4 is 11.1 Å². The molecule has 0 aromatic heterocycles. The van der Waals surface area contributed by atoms with E-state index in [2.05, 4.69) is 5.32 Å². The lowest BCUT2D eigenvalue weighted by Crippen LogP contribution is -2.47. The molecule has 1 aliphatic rings. The van der Waals surface area contributed by atoms with E-state index in [9.17, 15) is 9.59 Å². The second-order valence-corrected chi connectivity index (χ2v) is 5.13. The molecule has 0 saturated carbocycles. The van der Waals surface area contributed by atoms with Crippen LogP contribution >= 0.6 is 0 Å². The molecular weight excluding hydrogens is 230 g/mol. The predicted octanol–water partition coefficient (Wildman–Crippen LogP) is 0.489. The second-order valence-electron chi connectivity index (χ2n) is 5.13. The molecule has 0 radical (unpaired) electrons. The molecule has 1 fully saturated rings. The van der Waals surface area contributed by atoms with Crippen molar-refractivity contribution in [2.24, 2.45) is 11.7 Å². The van der Waals surface area contributed by atoms with Crippen LogP contribution in [0.3, 0.4) is 0 Å². The number of hydrogen-bond donors (Lipinski definition) is 2. The third kappa shape index (κ3) is 4.64. The zero-order valence-electron chi connectivity index (χ0n) is 11.4. The van der Waals surface area contributed by atoms with Crippen LogP contribution in [0.4, 0.5) is 0 Å². The van der Waals surface area contributed by atoms with Gasteiger partial charge in [0.05, 0.1) is 0 Å². The number of piperidine rings is 1. The molecule has 0 spiro atoms. The first-order chi connectivity index (χ1) is 8.54. The Morgan fingerprint density at radius 2 is 2.00 bits per heavy atom. The number of nitrogens with zero attached hydrogens (tertiary/aromatic N) is 1. The van der Waals surface area contributed by atoms with E-state index in [0.29, 0.717) is 6.54 Å². The Morgan fingerprint density at radius 3 is 2.50 bits per heavy atom. The van der Waals surface area contributed by atoms with Gasteiger partial charge < -0.3 is 16.0 Å². The van der Waals surface area contributed by atoms with E-state index in [0.717, 1.165) is 38.8 Å². The summed E-state index contributed by atoms with van der Waals surface area (Å²) in [4.78, 5) is 25.0. The first-order valence-electron chi connectivity index (χ1n) is 6.80. The average Bonchev–Trinajstić information content (AvgIpc) is 2.35. The maximum absolute atomic E-state index is 12.1. The van der Waals surface area contributed by atoms with Gasteiger partial charge in [0.1, 0.15) is 0 Å². The van der Waals surface area contributed by atoms with E-state index in [1.165, 1.54) is 6.92 Å². The van der Waals surface area contributed by atoms with E-state index >= 15 is 0 Å². The van der Waals surface area contributed by atoms with Gasteiger partial charge in [-0.2, -0.15) is 0 Å². The Balaban J connectivity index is 2.33. The number of nitrogens with one attached hydrogen (secondary N) is 1. The van der Waals surface area contributed by atoms with Gasteiger partial charge in [0.2, 0.25) is 11.8 Å². The van der Waals surface area contributed by atoms with Crippen LogP contribution in [0, 0.1) is 5.92 Å². The summed E-state index contributed by atoms with van der Waals surface area (Å²) in [5, 5.41) is 2.91. The van der Waals surface area contributed by atoms with Crippen molar-refractivity contribution in [1.82, 2.24) is 10.2 Å². The molecule has 0 bridgehead atoms. The molecule has 1 aliphatic heterocycles. The molecule has 0 aromatic carbocycles. The molecule has 1 unspecified atom stereocenters. The number of nitrogens with two attached hydrogens (primary N) is 1. The Bertz CT molecular complexity index is 286. The molecule has 0 aromatic rings. The standard InChI is InChI=1S/C13H25N3O2/c1-10(4-3-7-14)13(18)16-8-5-12(6-9-16)15-11(2)17/h10,12H,3-9,14H2,1-2H3,(H,15,17). The van der Waals surface area contributed by atoms with Crippen molar-refractivity contribution in [3.8, 4) is 0 Å². The summed E-state index contributed by atoms with van der Waals surface area (Å²) in [6, 6.07) is 0.228. The van der Waals surface area contributed by atoms with Crippen LogP contribution in [-0.4, -0.2) is 42.4 Å². The fraction of sp³-hybridized carbons (Fsp3) is 0.846. The van der Waals surface area contributed by atoms with Gasteiger partial charge in [-0.1, -0.05) is 6.92 Å². The van der Waals surface area contributed by atoms with E-state index < -0.39 is 0 Å². The maximum Gasteiger partial charge on any atom is 0.225 e. The van der Waals surface area contributed by atoms with Crippen LogP contribution in [0.1, 0.15) is 39.5 Å². The monoisotopic (exact) mass is 255 g/mol. The van der Waals surface area contributed by atoms with Crippen LogP contribution in [0.15, 0.2) is 0 Å². The Labute approximate surface area is 109 Å². The van der Waals surface area contributed by atoms with Gasteiger partial charge in [0, 0.05) is 32.0 Å². The highest BCUT2D eigenvalue weighted by Crippen LogP contribution is 2.15. The molecule has 5 heteroatoms. The highest BCUT2D eigenvalue weighted by atomic mass is 16.2. The summed E-state index contributed by atoms with van der Waals surface area (Å²) in [6.45, 7) is 5.64. The first-order valence-corrected chi connectivity index (χ1v) is 6.80. The van der Waals surface area contributed by atoms with Gasteiger partial charge in [-0.15, -0.1) is 0 Å². The second kappa shape index (κ2) is 7.36. The molecule has 1 heterocycles. The molecule has 2 amide bonds. The average molecular weight is 255 g/mol. The summed E-state index contributed by atoms with van der Waals surface area (Å²) < 4.78 is 0. The molecule has 3 N–H and O–H groups in total. The van der Waals surface area contributed by atoms with Gasteiger partial charge in [-0.3, -0.25) is 9.59 Å². The molecule has 5 nitrogen and oxygen atoms in total. The van der Waals surface area contributed by atoms with Crippen molar-refractivity contribution in [3.05, 3.63) is 0 Å². The smallest absolute Gasteiger partial charge is 0.225 e. The minimum absolute atomic E-state index is 0.0103. The summed E-state index contributed by atoms with van der Waals surface area (Å²) in [5.41, 5.74) is 5.45. The largest absolute Gasteiger partial charge is 0.353 e. The molecule has 1 saturated heterocycles. The van der Waals surface area contributed by atoms with Crippen LogP contribution in [-0.2, 0) is 9.59 Å². The minimum atomic E-state index is 0.0103. The Morgan fingerprint density at radius 1 is 1.39 bits per heavy atom.